The molecule has 0 radical (unpaired) electrons. The number of aromatic nitrogens is 1. The topological polar surface area (TPSA) is 46.5 Å². The number of nitrogens with zero attached hydrogens (tertiary/aromatic N) is 2. The summed E-state index contributed by atoms with van der Waals surface area (Å²) in [6, 6.07) is 12.5. The van der Waals surface area contributed by atoms with Crippen LogP contribution in [0.4, 0.5) is 0 Å². The van der Waals surface area contributed by atoms with Gasteiger partial charge in [-0.05, 0) is 80.7 Å². The average Bonchev–Trinajstić information content (AvgIpc) is 3.06. The van der Waals surface area contributed by atoms with Gasteiger partial charge in [-0.2, -0.15) is 0 Å². The number of carbonyl (C=O) groups excluding carboxylic acids is 1. The Kier molecular flexibility index (Phi) is 4.49. The zero-order valence-corrected chi connectivity index (χ0v) is 15.7. The molecule has 3 aliphatic heterocycles. The predicted octanol–water partition coefficient (Wildman–Crippen LogP) is 2.91. The summed E-state index contributed by atoms with van der Waals surface area (Å²) in [7, 11) is 3.61. The van der Waals surface area contributed by atoms with Gasteiger partial charge in [0.15, 0.2) is 0 Å². The SMILES string of the molecule is COc1ccc(-c2ccc(C(=O)N[C@@H]3C4CCN(CC4)[C@H]3C)n2C)cc1. The maximum atomic E-state index is 12.9. The van der Waals surface area contributed by atoms with E-state index in [4.69, 9.17) is 4.74 Å². The van der Waals surface area contributed by atoms with Crippen molar-refractivity contribution in [3.05, 3.63) is 42.1 Å². The summed E-state index contributed by atoms with van der Waals surface area (Å²) in [5.41, 5.74) is 2.81. The van der Waals surface area contributed by atoms with Crippen LogP contribution in [0.5, 0.6) is 5.75 Å². The lowest BCUT2D eigenvalue weighted by molar-refractivity contribution is 0.0215. The molecule has 26 heavy (non-hydrogen) atoms. The highest BCUT2D eigenvalue weighted by Crippen LogP contribution is 2.32. The molecular formula is C21H27N3O2. The van der Waals surface area contributed by atoms with E-state index in [-0.39, 0.29) is 11.9 Å². The maximum Gasteiger partial charge on any atom is 0.268 e. The van der Waals surface area contributed by atoms with E-state index in [2.05, 4.69) is 17.1 Å². The zero-order valence-electron chi connectivity index (χ0n) is 15.7. The Morgan fingerprint density at radius 2 is 1.81 bits per heavy atom. The van der Waals surface area contributed by atoms with Crippen molar-refractivity contribution in [2.45, 2.75) is 31.8 Å². The molecule has 1 N–H and O–H groups in total. The van der Waals surface area contributed by atoms with Gasteiger partial charge in [-0.15, -0.1) is 0 Å². The number of amides is 1. The second-order valence-electron chi connectivity index (χ2n) is 7.50. The van der Waals surface area contributed by atoms with E-state index in [9.17, 15) is 4.79 Å². The lowest BCUT2D eigenvalue weighted by Gasteiger charge is -2.49. The van der Waals surface area contributed by atoms with Gasteiger partial charge in [0.05, 0.1) is 7.11 Å². The highest BCUT2D eigenvalue weighted by molar-refractivity contribution is 5.94. The van der Waals surface area contributed by atoms with E-state index in [0.717, 1.165) is 17.0 Å². The Bertz CT molecular complexity index is 786. The molecule has 2 bridgehead atoms. The van der Waals surface area contributed by atoms with E-state index >= 15 is 0 Å². The van der Waals surface area contributed by atoms with Gasteiger partial charge in [-0.25, -0.2) is 0 Å². The smallest absolute Gasteiger partial charge is 0.268 e. The van der Waals surface area contributed by atoms with E-state index in [1.165, 1.54) is 25.9 Å². The van der Waals surface area contributed by atoms with E-state index in [0.29, 0.717) is 17.7 Å². The van der Waals surface area contributed by atoms with Gasteiger partial charge in [0.1, 0.15) is 11.4 Å². The number of fused-ring (bicyclic) bond motifs is 3. The minimum absolute atomic E-state index is 0.0258. The molecule has 2 aromatic rings. The van der Waals surface area contributed by atoms with Crippen LogP contribution < -0.4 is 10.1 Å². The molecule has 5 nitrogen and oxygen atoms in total. The number of methoxy groups -OCH3 is 1. The molecule has 3 fully saturated rings. The second-order valence-corrected chi connectivity index (χ2v) is 7.50. The molecule has 5 rings (SSSR count). The Morgan fingerprint density at radius 3 is 2.42 bits per heavy atom. The van der Waals surface area contributed by atoms with Gasteiger partial charge >= 0.3 is 0 Å². The lowest BCUT2D eigenvalue weighted by Crippen LogP contribution is -2.62. The first kappa shape index (κ1) is 17.2. The molecule has 2 atom stereocenters. The summed E-state index contributed by atoms with van der Waals surface area (Å²) < 4.78 is 7.20. The number of hydrogen-bond donors (Lipinski definition) is 1. The molecule has 0 unspecified atom stereocenters. The molecule has 1 aromatic carbocycles. The zero-order chi connectivity index (χ0) is 18.3. The van der Waals surface area contributed by atoms with Crippen LogP contribution in [0.2, 0.25) is 0 Å². The van der Waals surface area contributed by atoms with Crippen molar-refractivity contribution in [2.24, 2.45) is 13.0 Å². The summed E-state index contributed by atoms with van der Waals surface area (Å²) in [5, 5.41) is 3.32. The van der Waals surface area contributed by atoms with Crippen molar-refractivity contribution >= 4 is 5.91 Å². The third-order valence-electron chi connectivity index (χ3n) is 6.22. The van der Waals surface area contributed by atoms with Crippen LogP contribution >= 0.6 is 0 Å². The molecule has 3 aliphatic rings. The van der Waals surface area contributed by atoms with Crippen molar-refractivity contribution < 1.29 is 9.53 Å². The van der Waals surface area contributed by atoms with Crippen molar-refractivity contribution in [2.75, 3.05) is 20.2 Å². The second kappa shape index (κ2) is 6.80. The van der Waals surface area contributed by atoms with E-state index in [1.807, 2.05) is 48.0 Å². The van der Waals surface area contributed by atoms with Gasteiger partial charge in [0.25, 0.3) is 5.91 Å². The van der Waals surface area contributed by atoms with Gasteiger partial charge < -0.3 is 14.6 Å². The molecule has 0 saturated carbocycles. The molecule has 1 aromatic heterocycles. The third kappa shape index (κ3) is 2.90. The van der Waals surface area contributed by atoms with Gasteiger partial charge in [0, 0.05) is 24.8 Å². The van der Waals surface area contributed by atoms with Crippen molar-refractivity contribution in [1.82, 2.24) is 14.8 Å². The van der Waals surface area contributed by atoms with Gasteiger partial charge in [-0.3, -0.25) is 9.69 Å². The first-order valence-electron chi connectivity index (χ1n) is 9.43. The number of carbonyl (C=O) groups is 1. The van der Waals surface area contributed by atoms with Gasteiger partial charge in [-0.1, -0.05) is 0 Å². The molecule has 1 amide bonds. The number of piperidine rings is 3. The fourth-order valence-corrected chi connectivity index (χ4v) is 4.56. The van der Waals surface area contributed by atoms with Crippen LogP contribution in [0.3, 0.4) is 0 Å². The van der Waals surface area contributed by atoms with Crippen LogP contribution in [0, 0.1) is 5.92 Å². The molecule has 4 heterocycles. The fourth-order valence-electron chi connectivity index (χ4n) is 4.56. The largest absolute Gasteiger partial charge is 0.497 e. The van der Waals surface area contributed by atoms with E-state index in [1.54, 1.807) is 7.11 Å². The van der Waals surface area contributed by atoms with E-state index < -0.39 is 0 Å². The molecule has 5 heteroatoms. The highest BCUT2D eigenvalue weighted by Gasteiger charge is 2.40. The number of ether oxygens (including phenoxy) is 1. The number of rotatable bonds is 4. The summed E-state index contributed by atoms with van der Waals surface area (Å²) in [5.74, 6) is 1.47. The van der Waals surface area contributed by atoms with Crippen LogP contribution in [-0.2, 0) is 7.05 Å². The monoisotopic (exact) mass is 353 g/mol. The normalized spacial score (nSPS) is 27.3. The molecule has 0 spiro atoms. The molecule has 0 aliphatic carbocycles. The first-order valence-corrected chi connectivity index (χ1v) is 9.43. The summed E-state index contributed by atoms with van der Waals surface area (Å²) in [6.45, 7) is 4.58. The van der Waals surface area contributed by atoms with Crippen molar-refractivity contribution in [3.63, 3.8) is 0 Å². The van der Waals surface area contributed by atoms with Crippen LogP contribution in [0.1, 0.15) is 30.3 Å². The fraction of sp³-hybridized carbons (Fsp3) is 0.476. The van der Waals surface area contributed by atoms with Crippen LogP contribution in [0.25, 0.3) is 11.3 Å². The lowest BCUT2D eigenvalue weighted by atomic mass is 9.79. The van der Waals surface area contributed by atoms with Crippen LogP contribution in [-0.4, -0.2) is 47.7 Å². The Labute approximate surface area is 154 Å². The third-order valence-corrected chi connectivity index (χ3v) is 6.22. The number of nitrogens with one attached hydrogen (secondary N) is 1. The molecular weight excluding hydrogens is 326 g/mol. The minimum atomic E-state index is 0.0258. The average molecular weight is 353 g/mol. The Balaban J connectivity index is 1.53. The highest BCUT2D eigenvalue weighted by atomic mass is 16.5. The first-order chi connectivity index (χ1) is 12.6. The summed E-state index contributed by atoms with van der Waals surface area (Å²) >= 11 is 0. The summed E-state index contributed by atoms with van der Waals surface area (Å²) in [4.78, 5) is 15.4. The Morgan fingerprint density at radius 1 is 1.12 bits per heavy atom. The number of hydrogen-bond acceptors (Lipinski definition) is 3. The summed E-state index contributed by atoms with van der Waals surface area (Å²) in [6.07, 6.45) is 2.39. The van der Waals surface area contributed by atoms with Gasteiger partial charge in [0.2, 0.25) is 0 Å². The quantitative estimate of drug-likeness (QED) is 0.919. The van der Waals surface area contributed by atoms with Crippen molar-refractivity contribution in [1.29, 1.82) is 0 Å². The molecule has 138 valence electrons. The predicted molar refractivity (Wildman–Crippen MR) is 102 cm³/mol. The minimum Gasteiger partial charge on any atom is -0.497 e. The molecule has 3 saturated heterocycles. The standard InChI is InChI=1S/C21H27N3O2/c1-14-20(16-10-12-24(14)13-11-16)22-21(25)19-9-8-18(23(19)2)15-4-6-17(26-3)7-5-15/h4-9,14,16,20H,10-13H2,1-3H3,(H,22,25)/t14-,20-/m0/s1. The maximum absolute atomic E-state index is 12.9. The number of benzene rings is 1. The Hall–Kier alpha value is -2.27. The van der Waals surface area contributed by atoms with Crippen LogP contribution in [0.15, 0.2) is 36.4 Å². The van der Waals surface area contributed by atoms with Crippen molar-refractivity contribution in [3.8, 4) is 17.0 Å².